The van der Waals surface area contributed by atoms with Crippen LogP contribution in [0.1, 0.15) is 30.2 Å². The van der Waals surface area contributed by atoms with Gasteiger partial charge in [-0.15, -0.1) is 11.3 Å². The highest BCUT2D eigenvalue weighted by Gasteiger charge is 2.35. The lowest BCUT2D eigenvalue weighted by atomic mass is 9.97. The Hall–Kier alpha value is -1.56. The van der Waals surface area contributed by atoms with Crippen LogP contribution in [-0.2, 0) is 14.8 Å². The van der Waals surface area contributed by atoms with Crippen LogP contribution in [0.5, 0.6) is 0 Å². The van der Waals surface area contributed by atoms with Crippen molar-refractivity contribution in [2.45, 2.75) is 36.4 Å². The molecule has 0 bridgehead atoms. The third-order valence-corrected chi connectivity index (χ3v) is 8.60. The van der Waals surface area contributed by atoms with Gasteiger partial charge in [-0.25, -0.2) is 24.3 Å². The first-order chi connectivity index (χ1) is 13.9. The predicted molar refractivity (Wildman–Crippen MR) is 111 cm³/mol. The first-order valence-electron chi connectivity index (χ1n) is 9.40. The Bertz CT molecular complexity index is 962. The molecule has 0 spiro atoms. The van der Waals surface area contributed by atoms with Crippen LogP contribution in [0.3, 0.4) is 0 Å². The number of nitrogens with one attached hydrogen (secondary N) is 3. The standard InChI is InChI=1S/C18H22ClN5O3S2/c19-17-15(4-1-7-20-17)29(26,27)24-8-5-12(6-9-24)18(25)21-16-11-13(22-23-16)14-3-2-10-28-14/h1-4,7,10,12-13,16,22-23H,5-6,8-9,11H2,(H,21,25). The second-order valence-corrected chi connectivity index (χ2v) is 10.4. The molecule has 0 radical (unpaired) electrons. The molecule has 29 heavy (non-hydrogen) atoms. The fourth-order valence-electron chi connectivity index (χ4n) is 3.68. The average Bonchev–Trinajstić information content (AvgIpc) is 3.40. The lowest BCUT2D eigenvalue weighted by molar-refractivity contribution is -0.127. The summed E-state index contributed by atoms with van der Waals surface area (Å²) in [6, 6.07) is 7.25. The fraction of sp³-hybridized carbons (Fsp3) is 0.444. The molecular formula is C18H22ClN5O3S2. The number of thiophene rings is 1. The van der Waals surface area contributed by atoms with Gasteiger partial charge in [-0.1, -0.05) is 17.7 Å². The van der Waals surface area contributed by atoms with Crippen molar-refractivity contribution in [2.24, 2.45) is 5.92 Å². The molecule has 2 saturated heterocycles. The van der Waals surface area contributed by atoms with Crippen LogP contribution in [0, 0.1) is 5.92 Å². The van der Waals surface area contributed by atoms with E-state index < -0.39 is 10.0 Å². The average molecular weight is 456 g/mol. The Morgan fingerprint density at radius 2 is 2.03 bits per heavy atom. The molecule has 2 aliphatic rings. The second kappa shape index (κ2) is 8.66. The molecule has 2 atom stereocenters. The molecule has 0 aliphatic carbocycles. The monoisotopic (exact) mass is 455 g/mol. The molecule has 1 amide bonds. The number of halogens is 1. The van der Waals surface area contributed by atoms with Crippen molar-refractivity contribution in [3.63, 3.8) is 0 Å². The quantitative estimate of drug-likeness (QED) is 0.595. The Morgan fingerprint density at radius 3 is 2.72 bits per heavy atom. The Morgan fingerprint density at radius 1 is 1.24 bits per heavy atom. The molecule has 2 aromatic rings. The summed E-state index contributed by atoms with van der Waals surface area (Å²) in [5, 5.41) is 5.02. The number of piperidine rings is 1. The van der Waals surface area contributed by atoms with E-state index in [4.69, 9.17) is 11.6 Å². The number of hydrogen-bond donors (Lipinski definition) is 3. The molecule has 2 unspecified atom stereocenters. The molecule has 3 N–H and O–H groups in total. The van der Waals surface area contributed by atoms with Gasteiger partial charge in [0.1, 0.15) is 10.0 Å². The Balaban J connectivity index is 1.30. The van der Waals surface area contributed by atoms with Gasteiger partial charge in [0.05, 0.1) is 12.2 Å². The highest BCUT2D eigenvalue weighted by molar-refractivity contribution is 7.89. The van der Waals surface area contributed by atoms with Crippen molar-refractivity contribution in [1.29, 1.82) is 0 Å². The second-order valence-electron chi connectivity index (χ2n) is 7.12. The number of amides is 1. The number of hydrogen-bond acceptors (Lipinski definition) is 7. The Labute approximate surface area is 178 Å². The van der Waals surface area contributed by atoms with Crippen LogP contribution in [-0.4, -0.2) is 42.9 Å². The van der Waals surface area contributed by atoms with Crippen molar-refractivity contribution >= 4 is 38.9 Å². The van der Waals surface area contributed by atoms with Crippen molar-refractivity contribution in [3.8, 4) is 0 Å². The van der Waals surface area contributed by atoms with Gasteiger partial charge in [0.2, 0.25) is 15.9 Å². The normalized spacial score (nSPS) is 23.9. The smallest absolute Gasteiger partial charge is 0.246 e. The maximum atomic E-state index is 12.8. The number of rotatable bonds is 5. The minimum atomic E-state index is -3.71. The van der Waals surface area contributed by atoms with Crippen molar-refractivity contribution in [2.75, 3.05) is 13.1 Å². The lowest BCUT2D eigenvalue weighted by Gasteiger charge is -2.31. The number of aromatic nitrogens is 1. The van der Waals surface area contributed by atoms with Crippen LogP contribution >= 0.6 is 22.9 Å². The maximum absolute atomic E-state index is 12.8. The van der Waals surface area contributed by atoms with Crippen LogP contribution in [0.4, 0.5) is 0 Å². The first-order valence-corrected chi connectivity index (χ1v) is 12.1. The number of pyridine rings is 1. The summed E-state index contributed by atoms with van der Waals surface area (Å²) in [5.74, 6) is -0.263. The molecule has 2 aromatic heterocycles. The van der Waals surface area contributed by atoms with E-state index in [1.54, 1.807) is 17.4 Å². The van der Waals surface area contributed by atoms with Crippen LogP contribution < -0.4 is 16.2 Å². The fourth-order valence-corrected chi connectivity index (χ4v) is 6.37. The van der Waals surface area contributed by atoms with Crippen molar-refractivity contribution in [1.82, 2.24) is 25.5 Å². The van der Waals surface area contributed by atoms with Crippen LogP contribution in [0.2, 0.25) is 5.15 Å². The molecule has 8 nitrogen and oxygen atoms in total. The number of sulfonamides is 1. The van der Waals surface area contributed by atoms with E-state index >= 15 is 0 Å². The molecule has 0 aromatic carbocycles. The minimum absolute atomic E-state index is 0.00502. The van der Waals surface area contributed by atoms with Gasteiger partial charge < -0.3 is 5.32 Å². The van der Waals surface area contributed by atoms with E-state index in [0.29, 0.717) is 12.8 Å². The highest BCUT2D eigenvalue weighted by atomic mass is 35.5. The largest absolute Gasteiger partial charge is 0.339 e. The predicted octanol–water partition coefficient (Wildman–Crippen LogP) is 1.88. The Kier molecular flexibility index (Phi) is 6.19. The summed E-state index contributed by atoms with van der Waals surface area (Å²) in [6.45, 7) is 0.555. The molecular weight excluding hydrogens is 434 g/mol. The van der Waals surface area contributed by atoms with E-state index in [-0.39, 0.29) is 47.2 Å². The number of carbonyl (C=O) groups excluding carboxylic acids is 1. The minimum Gasteiger partial charge on any atom is -0.339 e. The lowest BCUT2D eigenvalue weighted by Crippen LogP contribution is -2.49. The summed E-state index contributed by atoms with van der Waals surface area (Å²) in [5.41, 5.74) is 6.33. The summed E-state index contributed by atoms with van der Waals surface area (Å²) in [6.07, 6.45) is 3.01. The van der Waals surface area contributed by atoms with Gasteiger partial charge in [0.15, 0.2) is 0 Å². The first kappa shape index (κ1) is 20.7. The van der Waals surface area contributed by atoms with Gasteiger partial charge in [0.25, 0.3) is 0 Å². The van der Waals surface area contributed by atoms with E-state index in [2.05, 4.69) is 27.2 Å². The summed E-state index contributed by atoms with van der Waals surface area (Å²) in [4.78, 5) is 17.7. The zero-order valence-corrected chi connectivity index (χ0v) is 17.9. The summed E-state index contributed by atoms with van der Waals surface area (Å²) in [7, 11) is -3.71. The van der Waals surface area contributed by atoms with Crippen molar-refractivity contribution in [3.05, 3.63) is 45.9 Å². The molecule has 11 heteroatoms. The highest BCUT2D eigenvalue weighted by Crippen LogP contribution is 2.28. The van der Waals surface area contributed by atoms with Crippen LogP contribution in [0.25, 0.3) is 0 Å². The van der Waals surface area contributed by atoms with E-state index in [9.17, 15) is 13.2 Å². The zero-order chi connectivity index (χ0) is 20.4. The molecule has 156 valence electrons. The van der Waals surface area contributed by atoms with Crippen LogP contribution in [0.15, 0.2) is 40.7 Å². The SMILES string of the molecule is O=C(NC1CC(c2cccs2)NN1)C1CCN(S(=O)(=O)c2cccnc2Cl)CC1. The third kappa shape index (κ3) is 4.47. The van der Waals surface area contributed by atoms with Gasteiger partial charge >= 0.3 is 0 Å². The number of hydrazine groups is 1. The van der Waals surface area contributed by atoms with Gasteiger partial charge in [-0.2, -0.15) is 4.31 Å². The van der Waals surface area contributed by atoms with Gasteiger partial charge in [-0.3, -0.25) is 4.79 Å². The number of carbonyl (C=O) groups is 1. The molecule has 4 rings (SSSR count). The van der Waals surface area contributed by atoms with E-state index in [1.165, 1.54) is 21.4 Å². The molecule has 0 saturated carbocycles. The maximum Gasteiger partial charge on any atom is 0.246 e. The number of nitrogens with zero attached hydrogens (tertiary/aromatic N) is 2. The summed E-state index contributed by atoms with van der Waals surface area (Å²) < 4.78 is 27.0. The molecule has 2 aliphatic heterocycles. The summed E-state index contributed by atoms with van der Waals surface area (Å²) >= 11 is 7.64. The van der Waals surface area contributed by atoms with Crippen molar-refractivity contribution < 1.29 is 13.2 Å². The molecule has 4 heterocycles. The topological polar surface area (TPSA) is 103 Å². The molecule has 2 fully saturated rings. The third-order valence-electron chi connectivity index (χ3n) is 5.27. The van der Waals surface area contributed by atoms with E-state index in [0.717, 1.165) is 6.42 Å². The zero-order valence-electron chi connectivity index (χ0n) is 15.5. The van der Waals surface area contributed by atoms with E-state index in [1.807, 2.05) is 11.4 Å². The van der Waals surface area contributed by atoms with Gasteiger partial charge in [0, 0.05) is 36.5 Å². The van der Waals surface area contributed by atoms with Gasteiger partial charge in [-0.05, 0) is 36.4 Å².